The second-order valence-electron chi connectivity index (χ2n) is 3.02. The van der Waals surface area contributed by atoms with E-state index in [1.54, 1.807) is 13.8 Å². The van der Waals surface area contributed by atoms with Gasteiger partial charge in [-0.1, -0.05) is 0 Å². The summed E-state index contributed by atoms with van der Waals surface area (Å²) in [6, 6.07) is 0. The van der Waals surface area contributed by atoms with E-state index in [9.17, 15) is 15.3 Å². The highest BCUT2D eigenvalue weighted by molar-refractivity contribution is 4.88. The molecule has 1 heterocycles. The zero-order chi connectivity index (χ0) is 8.59. The predicted molar refractivity (Wildman–Crippen MR) is 38.0 cm³/mol. The Morgan fingerprint density at radius 1 is 0.818 bits per heavy atom. The summed E-state index contributed by atoms with van der Waals surface area (Å²) in [6.45, 7) is 3.33. The lowest BCUT2D eigenvalue weighted by Crippen LogP contribution is -2.55. The van der Waals surface area contributed by atoms with Gasteiger partial charge in [-0.3, -0.25) is 0 Å². The quantitative estimate of drug-likeness (QED) is 0.422. The van der Waals surface area contributed by atoms with Crippen LogP contribution in [0.1, 0.15) is 13.8 Å². The first-order valence-electron chi connectivity index (χ1n) is 3.73. The van der Waals surface area contributed by atoms with Gasteiger partial charge in [-0.2, -0.15) is 0 Å². The van der Waals surface area contributed by atoms with Crippen LogP contribution in [0.5, 0.6) is 0 Å². The van der Waals surface area contributed by atoms with Gasteiger partial charge in [0.25, 0.3) is 0 Å². The average molecular weight is 162 g/mol. The third-order valence-electron chi connectivity index (χ3n) is 2.09. The molecule has 0 saturated carbocycles. The summed E-state index contributed by atoms with van der Waals surface area (Å²) in [4.78, 5) is 0. The van der Waals surface area contributed by atoms with Crippen LogP contribution >= 0.6 is 0 Å². The summed E-state index contributed by atoms with van der Waals surface area (Å²) >= 11 is 0. The van der Waals surface area contributed by atoms with E-state index >= 15 is 0 Å². The highest BCUT2D eigenvalue weighted by Crippen LogP contribution is 2.19. The van der Waals surface area contributed by atoms with Crippen molar-refractivity contribution in [3.63, 3.8) is 0 Å². The van der Waals surface area contributed by atoms with E-state index in [0.29, 0.717) is 0 Å². The van der Waals surface area contributed by atoms with Gasteiger partial charge in [0.15, 0.2) is 0 Å². The van der Waals surface area contributed by atoms with Crippen molar-refractivity contribution in [1.29, 1.82) is 0 Å². The molecule has 1 aliphatic rings. The zero-order valence-corrected chi connectivity index (χ0v) is 6.64. The molecule has 1 rings (SSSR count). The minimum atomic E-state index is -1.09. The molecule has 0 aromatic carbocycles. The van der Waals surface area contributed by atoms with E-state index in [2.05, 4.69) is 0 Å². The molecule has 4 heteroatoms. The molecule has 0 radical (unpaired) electrons. The summed E-state index contributed by atoms with van der Waals surface area (Å²) in [6.07, 6.45) is -3.89. The van der Waals surface area contributed by atoms with Gasteiger partial charge in [0.2, 0.25) is 0 Å². The van der Waals surface area contributed by atoms with Crippen LogP contribution in [0.2, 0.25) is 0 Å². The van der Waals surface area contributed by atoms with Crippen molar-refractivity contribution in [3.8, 4) is 0 Å². The van der Waals surface area contributed by atoms with Crippen molar-refractivity contribution in [3.05, 3.63) is 0 Å². The molecular weight excluding hydrogens is 148 g/mol. The summed E-state index contributed by atoms with van der Waals surface area (Å²) in [5, 5.41) is 27.6. The maximum atomic E-state index is 9.21. The number of aliphatic hydroxyl groups is 3. The van der Waals surface area contributed by atoms with Crippen molar-refractivity contribution in [2.75, 3.05) is 0 Å². The number of hydrogen-bond donors (Lipinski definition) is 3. The van der Waals surface area contributed by atoms with Gasteiger partial charge in [-0.05, 0) is 13.8 Å². The van der Waals surface area contributed by atoms with Crippen LogP contribution in [0.3, 0.4) is 0 Å². The van der Waals surface area contributed by atoms with Gasteiger partial charge < -0.3 is 20.1 Å². The van der Waals surface area contributed by atoms with E-state index in [1.165, 1.54) is 0 Å². The Bertz CT molecular complexity index is 124. The fraction of sp³-hybridized carbons (Fsp3) is 1.00. The van der Waals surface area contributed by atoms with E-state index in [0.717, 1.165) is 0 Å². The standard InChI is InChI=1S/C7H14O4/c1-3-5(8)7(10)6(9)4(2)11-3/h3-10H,1-2H3/t3-,4?,5?,6?,7?/m1/s1. The molecule has 3 N–H and O–H groups in total. The van der Waals surface area contributed by atoms with Gasteiger partial charge in [0.1, 0.15) is 18.3 Å². The van der Waals surface area contributed by atoms with Gasteiger partial charge in [0.05, 0.1) is 12.2 Å². The van der Waals surface area contributed by atoms with Gasteiger partial charge in [-0.15, -0.1) is 0 Å². The molecular formula is C7H14O4. The molecule has 0 aliphatic carbocycles. The lowest BCUT2D eigenvalue weighted by molar-refractivity contribution is -0.211. The number of ether oxygens (including phenoxy) is 1. The van der Waals surface area contributed by atoms with Crippen LogP contribution in [0.4, 0.5) is 0 Å². The van der Waals surface area contributed by atoms with Gasteiger partial charge in [0, 0.05) is 0 Å². The summed E-state index contributed by atoms with van der Waals surface area (Å²) in [7, 11) is 0. The Kier molecular flexibility index (Phi) is 2.49. The van der Waals surface area contributed by atoms with Crippen molar-refractivity contribution in [2.45, 2.75) is 44.4 Å². The maximum Gasteiger partial charge on any atom is 0.111 e. The van der Waals surface area contributed by atoms with Crippen LogP contribution < -0.4 is 0 Å². The van der Waals surface area contributed by atoms with Crippen molar-refractivity contribution >= 4 is 0 Å². The second kappa shape index (κ2) is 3.06. The Hall–Kier alpha value is -0.160. The fourth-order valence-electron chi connectivity index (χ4n) is 1.26. The van der Waals surface area contributed by atoms with Crippen LogP contribution in [0.25, 0.3) is 0 Å². The molecule has 0 aromatic heterocycles. The van der Waals surface area contributed by atoms with Crippen LogP contribution in [-0.2, 0) is 4.74 Å². The minimum absolute atomic E-state index is 0.414. The molecule has 0 amide bonds. The minimum Gasteiger partial charge on any atom is -0.388 e. The Morgan fingerprint density at radius 2 is 1.18 bits per heavy atom. The van der Waals surface area contributed by atoms with E-state index in [-0.39, 0.29) is 0 Å². The molecule has 1 aliphatic heterocycles. The summed E-state index contributed by atoms with van der Waals surface area (Å²) in [5.41, 5.74) is 0. The number of rotatable bonds is 0. The summed E-state index contributed by atoms with van der Waals surface area (Å²) in [5.74, 6) is 0. The summed E-state index contributed by atoms with van der Waals surface area (Å²) < 4.78 is 5.12. The highest BCUT2D eigenvalue weighted by Gasteiger charge is 2.39. The van der Waals surface area contributed by atoms with Crippen LogP contribution in [-0.4, -0.2) is 45.8 Å². The zero-order valence-electron chi connectivity index (χ0n) is 6.64. The normalized spacial score (nSPS) is 52.6. The highest BCUT2D eigenvalue weighted by atomic mass is 16.5. The lowest BCUT2D eigenvalue weighted by atomic mass is 9.97. The number of hydrogen-bond acceptors (Lipinski definition) is 4. The molecule has 5 atom stereocenters. The Morgan fingerprint density at radius 3 is 1.55 bits per heavy atom. The molecule has 66 valence electrons. The molecule has 0 spiro atoms. The first-order chi connectivity index (χ1) is 5.04. The van der Waals surface area contributed by atoms with E-state index < -0.39 is 30.5 Å². The molecule has 1 saturated heterocycles. The van der Waals surface area contributed by atoms with Crippen molar-refractivity contribution < 1.29 is 20.1 Å². The molecule has 11 heavy (non-hydrogen) atoms. The first-order valence-corrected chi connectivity index (χ1v) is 3.73. The van der Waals surface area contributed by atoms with E-state index in [1.807, 2.05) is 0 Å². The Labute approximate surface area is 65.4 Å². The van der Waals surface area contributed by atoms with Crippen molar-refractivity contribution in [2.24, 2.45) is 0 Å². The predicted octanol–water partition coefficient (Wildman–Crippen LogP) is -1.12. The second-order valence-corrected chi connectivity index (χ2v) is 3.02. The SMILES string of the molecule is CC1O[C@H](C)C(O)C(O)C1O. The Balaban J connectivity index is 2.63. The smallest absolute Gasteiger partial charge is 0.111 e. The molecule has 1 fully saturated rings. The first kappa shape index (κ1) is 8.93. The van der Waals surface area contributed by atoms with Gasteiger partial charge >= 0.3 is 0 Å². The third-order valence-corrected chi connectivity index (χ3v) is 2.09. The monoisotopic (exact) mass is 162 g/mol. The molecule has 0 bridgehead atoms. The molecule has 0 aromatic rings. The largest absolute Gasteiger partial charge is 0.388 e. The van der Waals surface area contributed by atoms with Crippen molar-refractivity contribution in [1.82, 2.24) is 0 Å². The van der Waals surface area contributed by atoms with Crippen LogP contribution in [0.15, 0.2) is 0 Å². The number of aliphatic hydroxyl groups excluding tert-OH is 3. The average Bonchev–Trinajstić information content (AvgIpc) is 1.97. The fourth-order valence-corrected chi connectivity index (χ4v) is 1.26. The molecule has 4 unspecified atom stereocenters. The third kappa shape index (κ3) is 1.54. The van der Waals surface area contributed by atoms with Gasteiger partial charge in [-0.25, -0.2) is 0 Å². The molecule has 4 nitrogen and oxygen atoms in total. The maximum absolute atomic E-state index is 9.21. The van der Waals surface area contributed by atoms with E-state index in [4.69, 9.17) is 4.74 Å². The lowest BCUT2D eigenvalue weighted by Gasteiger charge is -2.37. The topological polar surface area (TPSA) is 69.9 Å². The van der Waals surface area contributed by atoms with Crippen LogP contribution in [0, 0.1) is 0 Å².